The summed E-state index contributed by atoms with van der Waals surface area (Å²) in [6, 6.07) is 16.9. The summed E-state index contributed by atoms with van der Waals surface area (Å²) in [6.45, 7) is 0.469. The van der Waals surface area contributed by atoms with Crippen molar-refractivity contribution in [1.82, 2.24) is 5.48 Å². The van der Waals surface area contributed by atoms with Crippen LogP contribution in [0, 0.1) is 0 Å². The van der Waals surface area contributed by atoms with Crippen LogP contribution in [0.3, 0.4) is 0 Å². The van der Waals surface area contributed by atoms with Crippen LogP contribution >= 0.6 is 0 Å². The molecule has 0 radical (unpaired) electrons. The molecule has 2 aromatic rings. The molecule has 0 bridgehead atoms. The maximum atomic E-state index is 8.69. The topological polar surface area (TPSA) is 44.3 Å². The summed E-state index contributed by atoms with van der Waals surface area (Å²) in [7, 11) is 0. The van der Waals surface area contributed by atoms with Gasteiger partial charge in [0, 0.05) is 17.9 Å². The molecule has 1 fully saturated rings. The molecule has 1 saturated carbocycles. The lowest BCUT2D eigenvalue weighted by atomic mass is 9.84. The van der Waals surface area contributed by atoms with Gasteiger partial charge in [-0.05, 0) is 54.2 Å². The number of benzene rings is 2. The fraction of sp³-hybridized carbons (Fsp3) is 0.368. The first kappa shape index (κ1) is 15.1. The summed E-state index contributed by atoms with van der Waals surface area (Å²) in [6.07, 6.45) is 6.83. The van der Waals surface area contributed by atoms with E-state index in [0.717, 1.165) is 22.9 Å². The molecule has 116 valence electrons. The van der Waals surface area contributed by atoms with Gasteiger partial charge in [-0.3, -0.25) is 0 Å². The van der Waals surface area contributed by atoms with Crippen LogP contribution in [0.15, 0.2) is 48.5 Å². The second kappa shape index (κ2) is 7.43. The fourth-order valence-electron chi connectivity index (χ4n) is 3.24. The van der Waals surface area contributed by atoms with Crippen molar-refractivity contribution < 1.29 is 5.21 Å². The first-order chi connectivity index (χ1) is 10.8. The van der Waals surface area contributed by atoms with Crippen molar-refractivity contribution in [1.29, 1.82) is 0 Å². The molecule has 3 N–H and O–H groups in total. The van der Waals surface area contributed by atoms with Gasteiger partial charge in [-0.25, -0.2) is 5.48 Å². The average Bonchev–Trinajstić information content (AvgIpc) is 2.58. The molecule has 0 unspecified atom stereocenters. The smallest absolute Gasteiger partial charge is 0.0458 e. The molecule has 2 aromatic carbocycles. The zero-order chi connectivity index (χ0) is 15.2. The second-order valence-corrected chi connectivity index (χ2v) is 6.11. The molecule has 3 rings (SSSR count). The normalized spacial score (nSPS) is 15.7. The minimum Gasteiger partial charge on any atom is -0.356 e. The largest absolute Gasteiger partial charge is 0.356 e. The third kappa shape index (κ3) is 3.87. The maximum absolute atomic E-state index is 8.69. The Morgan fingerprint density at radius 3 is 2.00 bits per heavy atom. The highest BCUT2D eigenvalue weighted by atomic mass is 16.5. The Bertz CT molecular complexity index is 571. The monoisotopic (exact) mass is 296 g/mol. The van der Waals surface area contributed by atoms with Crippen LogP contribution in [0.5, 0.6) is 0 Å². The van der Waals surface area contributed by atoms with Gasteiger partial charge in [0.05, 0.1) is 0 Å². The number of hydroxylamine groups is 1. The van der Waals surface area contributed by atoms with E-state index < -0.39 is 0 Å². The Morgan fingerprint density at radius 1 is 0.818 bits per heavy atom. The van der Waals surface area contributed by atoms with Gasteiger partial charge in [0.2, 0.25) is 0 Å². The number of rotatable bonds is 5. The third-order valence-electron chi connectivity index (χ3n) is 4.51. The minimum absolute atomic E-state index is 0.469. The van der Waals surface area contributed by atoms with Gasteiger partial charge in [-0.2, -0.15) is 0 Å². The van der Waals surface area contributed by atoms with E-state index in [0.29, 0.717) is 6.54 Å². The third-order valence-corrected chi connectivity index (χ3v) is 4.51. The summed E-state index contributed by atoms with van der Waals surface area (Å²) in [5.41, 5.74) is 6.89. The van der Waals surface area contributed by atoms with Crippen molar-refractivity contribution in [3.05, 3.63) is 59.7 Å². The molecule has 0 atom stereocenters. The van der Waals surface area contributed by atoms with Crippen molar-refractivity contribution in [2.75, 3.05) is 5.32 Å². The van der Waals surface area contributed by atoms with Gasteiger partial charge >= 0.3 is 0 Å². The molecule has 0 heterocycles. The second-order valence-electron chi connectivity index (χ2n) is 6.11. The van der Waals surface area contributed by atoms with Crippen LogP contribution < -0.4 is 10.8 Å². The van der Waals surface area contributed by atoms with Crippen molar-refractivity contribution in [2.24, 2.45) is 0 Å². The van der Waals surface area contributed by atoms with Gasteiger partial charge < -0.3 is 10.5 Å². The Kier molecular flexibility index (Phi) is 5.09. The van der Waals surface area contributed by atoms with Crippen molar-refractivity contribution in [3.63, 3.8) is 0 Å². The van der Waals surface area contributed by atoms with E-state index in [1.807, 2.05) is 24.3 Å². The SMILES string of the molecule is ONCc1ccc(Nc2ccc(C3CCCCC3)cc2)cc1. The molecule has 0 aliphatic heterocycles. The van der Waals surface area contributed by atoms with E-state index in [1.165, 1.54) is 37.7 Å². The predicted octanol–water partition coefficient (Wildman–Crippen LogP) is 4.96. The predicted molar refractivity (Wildman–Crippen MR) is 90.6 cm³/mol. The van der Waals surface area contributed by atoms with Crippen molar-refractivity contribution in [2.45, 2.75) is 44.6 Å². The molecule has 0 spiro atoms. The molecule has 3 heteroatoms. The molecule has 3 nitrogen and oxygen atoms in total. The molecule has 0 saturated heterocycles. The molecule has 1 aliphatic carbocycles. The van der Waals surface area contributed by atoms with Gasteiger partial charge in [0.15, 0.2) is 0 Å². The highest BCUT2D eigenvalue weighted by molar-refractivity contribution is 5.60. The number of anilines is 2. The molecule has 0 amide bonds. The zero-order valence-corrected chi connectivity index (χ0v) is 12.9. The van der Waals surface area contributed by atoms with Crippen LogP contribution in [-0.2, 0) is 6.54 Å². The molecule has 1 aliphatic rings. The zero-order valence-electron chi connectivity index (χ0n) is 12.9. The van der Waals surface area contributed by atoms with Crippen LogP contribution in [0.4, 0.5) is 11.4 Å². The number of hydrogen-bond donors (Lipinski definition) is 3. The Balaban J connectivity index is 1.62. The first-order valence-corrected chi connectivity index (χ1v) is 8.18. The van der Waals surface area contributed by atoms with E-state index in [2.05, 4.69) is 35.1 Å². The Hall–Kier alpha value is -1.84. The van der Waals surface area contributed by atoms with Crippen molar-refractivity contribution >= 4 is 11.4 Å². The van der Waals surface area contributed by atoms with E-state index in [4.69, 9.17) is 5.21 Å². The summed E-state index contributed by atoms with van der Waals surface area (Å²) in [5.74, 6) is 0.757. The van der Waals surface area contributed by atoms with Crippen LogP contribution in [0.1, 0.15) is 49.1 Å². The lowest BCUT2D eigenvalue weighted by molar-refractivity contribution is 0.161. The Labute approximate surface area is 132 Å². The fourth-order valence-corrected chi connectivity index (χ4v) is 3.24. The summed E-state index contributed by atoms with van der Waals surface area (Å²) < 4.78 is 0. The quantitative estimate of drug-likeness (QED) is 0.683. The van der Waals surface area contributed by atoms with Gasteiger partial charge in [-0.15, -0.1) is 0 Å². The van der Waals surface area contributed by atoms with E-state index in [1.54, 1.807) is 0 Å². The van der Waals surface area contributed by atoms with E-state index >= 15 is 0 Å². The molecule has 0 aromatic heterocycles. The van der Waals surface area contributed by atoms with Gasteiger partial charge in [-0.1, -0.05) is 43.5 Å². The molecule has 22 heavy (non-hydrogen) atoms. The maximum Gasteiger partial charge on any atom is 0.0458 e. The summed E-state index contributed by atoms with van der Waals surface area (Å²) in [5, 5.41) is 12.1. The lowest BCUT2D eigenvalue weighted by Crippen LogP contribution is -2.05. The average molecular weight is 296 g/mol. The standard InChI is InChI=1S/C19H24N2O/c22-20-14-15-6-10-18(11-7-15)21-19-12-8-17(9-13-19)16-4-2-1-3-5-16/h6-13,16,20-22H,1-5,14H2. The molecular formula is C19H24N2O. The van der Waals surface area contributed by atoms with Gasteiger partial charge in [0.25, 0.3) is 0 Å². The van der Waals surface area contributed by atoms with Gasteiger partial charge in [0.1, 0.15) is 0 Å². The lowest BCUT2D eigenvalue weighted by Gasteiger charge is -2.22. The Morgan fingerprint density at radius 2 is 1.41 bits per heavy atom. The highest BCUT2D eigenvalue weighted by Crippen LogP contribution is 2.33. The van der Waals surface area contributed by atoms with E-state index in [9.17, 15) is 0 Å². The molecular weight excluding hydrogens is 272 g/mol. The highest BCUT2D eigenvalue weighted by Gasteiger charge is 2.14. The van der Waals surface area contributed by atoms with E-state index in [-0.39, 0.29) is 0 Å². The van der Waals surface area contributed by atoms with Crippen molar-refractivity contribution in [3.8, 4) is 0 Å². The minimum atomic E-state index is 0.469. The summed E-state index contributed by atoms with van der Waals surface area (Å²) >= 11 is 0. The number of nitrogens with one attached hydrogen (secondary N) is 2. The van der Waals surface area contributed by atoms with Crippen LogP contribution in [-0.4, -0.2) is 5.21 Å². The number of hydrogen-bond acceptors (Lipinski definition) is 3. The summed E-state index contributed by atoms with van der Waals surface area (Å²) in [4.78, 5) is 0. The first-order valence-electron chi connectivity index (χ1n) is 8.18. The van der Waals surface area contributed by atoms with Crippen LogP contribution in [0.2, 0.25) is 0 Å². The van der Waals surface area contributed by atoms with Crippen LogP contribution in [0.25, 0.3) is 0 Å².